The molecular formula is C16H24N2O. The minimum Gasteiger partial charge on any atom is -0.381 e. The van der Waals surface area contributed by atoms with Gasteiger partial charge in [0.05, 0.1) is 0 Å². The van der Waals surface area contributed by atoms with Crippen molar-refractivity contribution >= 4 is 5.69 Å². The minimum absolute atomic E-state index is 0.621. The molecule has 1 aromatic carbocycles. The summed E-state index contributed by atoms with van der Waals surface area (Å²) in [5.74, 6) is 0. The SMILES string of the molecule is CN(c1ccccc1CNC1CC1)C1CCOCC1. The maximum Gasteiger partial charge on any atom is 0.0485 e. The van der Waals surface area contributed by atoms with Crippen LogP contribution in [-0.4, -0.2) is 32.3 Å². The number of para-hydroxylation sites is 1. The molecule has 0 radical (unpaired) electrons. The summed E-state index contributed by atoms with van der Waals surface area (Å²) in [7, 11) is 2.23. The predicted octanol–water partition coefficient (Wildman–Crippen LogP) is 2.55. The first-order valence-electron chi connectivity index (χ1n) is 7.46. The van der Waals surface area contributed by atoms with Gasteiger partial charge in [0.1, 0.15) is 0 Å². The first-order chi connectivity index (χ1) is 9.34. The van der Waals surface area contributed by atoms with Crippen LogP contribution >= 0.6 is 0 Å². The van der Waals surface area contributed by atoms with Crippen LogP contribution in [0.2, 0.25) is 0 Å². The molecule has 3 nitrogen and oxygen atoms in total. The summed E-state index contributed by atoms with van der Waals surface area (Å²) in [4.78, 5) is 2.45. The van der Waals surface area contributed by atoms with Gasteiger partial charge < -0.3 is 15.0 Å². The van der Waals surface area contributed by atoms with Gasteiger partial charge >= 0.3 is 0 Å². The molecule has 19 heavy (non-hydrogen) atoms. The van der Waals surface area contributed by atoms with Crippen LogP contribution in [0.3, 0.4) is 0 Å². The van der Waals surface area contributed by atoms with Crippen LogP contribution in [0.1, 0.15) is 31.2 Å². The monoisotopic (exact) mass is 260 g/mol. The van der Waals surface area contributed by atoms with Gasteiger partial charge in [0.25, 0.3) is 0 Å². The molecule has 1 N–H and O–H groups in total. The molecular weight excluding hydrogens is 236 g/mol. The van der Waals surface area contributed by atoms with Crippen LogP contribution in [-0.2, 0) is 11.3 Å². The van der Waals surface area contributed by atoms with E-state index in [1.54, 1.807) is 0 Å². The van der Waals surface area contributed by atoms with E-state index in [1.807, 2.05) is 0 Å². The Balaban J connectivity index is 1.70. The van der Waals surface area contributed by atoms with Crippen molar-refractivity contribution in [3.05, 3.63) is 29.8 Å². The zero-order chi connectivity index (χ0) is 13.1. The molecule has 104 valence electrons. The Morgan fingerprint density at radius 2 is 1.89 bits per heavy atom. The second kappa shape index (κ2) is 5.93. The topological polar surface area (TPSA) is 24.5 Å². The van der Waals surface area contributed by atoms with E-state index in [4.69, 9.17) is 4.74 Å². The summed E-state index contributed by atoms with van der Waals surface area (Å²) in [6.07, 6.45) is 4.97. The standard InChI is InChI=1S/C16H24N2O/c1-18(15-8-10-19-11-9-15)16-5-3-2-4-13(16)12-17-14-6-7-14/h2-5,14-15,17H,6-12H2,1H3. The van der Waals surface area contributed by atoms with Crippen LogP contribution < -0.4 is 10.2 Å². The zero-order valence-electron chi connectivity index (χ0n) is 11.8. The maximum absolute atomic E-state index is 5.46. The Hall–Kier alpha value is -1.06. The number of nitrogens with zero attached hydrogens (tertiary/aromatic N) is 1. The molecule has 1 heterocycles. The summed E-state index contributed by atoms with van der Waals surface area (Å²) < 4.78 is 5.46. The summed E-state index contributed by atoms with van der Waals surface area (Å²) in [6.45, 7) is 2.80. The molecule has 1 aliphatic heterocycles. The number of anilines is 1. The molecule has 0 unspecified atom stereocenters. The fourth-order valence-electron chi connectivity index (χ4n) is 2.82. The van der Waals surface area contributed by atoms with Crippen molar-refractivity contribution in [2.45, 2.75) is 44.3 Å². The van der Waals surface area contributed by atoms with E-state index in [0.29, 0.717) is 6.04 Å². The van der Waals surface area contributed by atoms with E-state index in [1.165, 1.54) is 24.1 Å². The van der Waals surface area contributed by atoms with Crippen molar-refractivity contribution in [3.63, 3.8) is 0 Å². The highest BCUT2D eigenvalue weighted by atomic mass is 16.5. The van der Waals surface area contributed by atoms with Crippen LogP contribution in [0, 0.1) is 0 Å². The van der Waals surface area contributed by atoms with E-state index >= 15 is 0 Å². The normalized spacial score (nSPS) is 20.5. The molecule has 3 heteroatoms. The van der Waals surface area contributed by atoms with Gasteiger partial charge in [-0.1, -0.05) is 18.2 Å². The fraction of sp³-hybridized carbons (Fsp3) is 0.625. The quantitative estimate of drug-likeness (QED) is 0.880. The van der Waals surface area contributed by atoms with E-state index in [2.05, 4.69) is 41.5 Å². The summed E-state index contributed by atoms with van der Waals surface area (Å²) >= 11 is 0. The molecule has 0 aromatic heterocycles. The van der Waals surface area contributed by atoms with Crippen LogP contribution in [0.4, 0.5) is 5.69 Å². The Morgan fingerprint density at radius 3 is 2.63 bits per heavy atom. The molecule has 0 bridgehead atoms. The largest absolute Gasteiger partial charge is 0.381 e. The highest BCUT2D eigenvalue weighted by Crippen LogP contribution is 2.26. The number of ether oxygens (including phenoxy) is 1. The molecule has 1 aliphatic carbocycles. The lowest BCUT2D eigenvalue weighted by atomic mass is 10.0. The second-order valence-corrected chi connectivity index (χ2v) is 5.74. The van der Waals surface area contributed by atoms with Crippen molar-refractivity contribution in [2.75, 3.05) is 25.2 Å². The van der Waals surface area contributed by atoms with Crippen molar-refractivity contribution in [3.8, 4) is 0 Å². The number of rotatable bonds is 5. The lowest BCUT2D eigenvalue weighted by Crippen LogP contribution is -2.37. The van der Waals surface area contributed by atoms with Crippen LogP contribution in [0.25, 0.3) is 0 Å². The first-order valence-corrected chi connectivity index (χ1v) is 7.46. The number of benzene rings is 1. The average molecular weight is 260 g/mol. The van der Waals surface area contributed by atoms with Crippen molar-refractivity contribution in [2.24, 2.45) is 0 Å². The smallest absolute Gasteiger partial charge is 0.0485 e. The fourth-order valence-corrected chi connectivity index (χ4v) is 2.82. The minimum atomic E-state index is 0.621. The van der Waals surface area contributed by atoms with Gasteiger partial charge in [0, 0.05) is 44.6 Å². The molecule has 0 amide bonds. The zero-order valence-corrected chi connectivity index (χ0v) is 11.8. The molecule has 1 saturated carbocycles. The van der Waals surface area contributed by atoms with E-state index in [9.17, 15) is 0 Å². The Kier molecular flexibility index (Phi) is 4.04. The van der Waals surface area contributed by atoms with Gasteiger partial charge in [-0.15, -0.1) is 0 Å². The van der Waals surface area contributed by atoms with Crippen LogP contribution in [0.5, 0.6) is 0 Å². The number of nitrogens with one attached hydrogen (secondary N) is 1. The van der Waals surface area contributed by atoms with Gasteiger partial charge in [-0.05, 0) is 37.3 Å². The average Bonchev–Trinajstić information content (AvgIpc) is 3.30. The van der Waals surface area contributed by atoms with E-state index in [-0.39, 0.29) is 0 Å². The molecule has 0 atom stereocenters. The Morgan fingerprint density at radius 1 is 1.16 bits per heavy atom. The number of hydrogen-bond donors (Lipinski definition) is 1. The highest BCUT2D eigenvalue weighted by Gasteiger charge is 2.22. The Bertz CT molecular complexity index is 411. The third-order valence-corrected chi connectivity index (χ3v) is 4.27. The van der Waals surface area contributed by atoms with Gasteiger partial charge in [0.2, 0.25) is 0 Å². The summed E-state index contributed by atoms with van der Waals surface area (Å²) in [5, 5.41) is 3.62. The molecule has 1 aromatic rings. The van der Waals surface area contributed by atoms with E-state index < -0.39 is 0 Å². The van der Waals surface area contributed by atoms with Gasteiger partial charge in [0.15, 0.2) is 0 Å². The lowest BCUT2D eigenvalue weighted by Gasteiger charge is -2.34. The highest BCUT2D eigenvalue weighted by molar-refractivity contribution is 5.54. The summed E-state index contributed by atoms with van der Waals surface area (Å²) in [5.41, 5.74) is 2.80. The first kappa shape index (κ1) is 12.9. The predicted molar refractivity (Wildman–Crippen MR) is 78.5 cm³/mol. The van der Waals surface area contributed by atoms with E-state index in [0.717, 1.165) is 38.6 Å². The molecule has 0 spiro atoms. The van der Waals surface area contributed by atoms with Gasteiger partial charge in [-0.2, -0.15) is 0 Å². The molecule has 3 rings (SSSR count). The second-order valence-electron chi connectivity index (χ2n) is 5.74. The third-order valence-electron chi connectivity index (χ3n) is 4.27. The van der Waals surface area contributed by atoms with Gasteiger partial charge in [-0.3, -0.25) is 0 Å². The summed E-state index contributed by atoms with van der Waals surface area (Å²) in [6, 6.07) is 10.2. The van der Waals surface area contributed by atoms with Crippen molar-refractivity contribution in [1.82, 2.24) is 5.32 Å². The number of hydrogen-bond acceptors (Lipinski definition) is 3. The van der Waals surface area contributed by atoms with Crippen molar-refractivity contribution < 1.29 is 4.74 Å². The molecule has 2 fully saturated rings. The maximum atomic E-state index is 5.46. The van der Waals surface area contributed by atoms with Crippen LogP contribution in [0.15, 0.2) is 24.3 Å². The van der Waals surface area contributed by atoms with Crippen molar-refractivity contribution in [1.29, 1.82) is 0 Å². The molecule has 1 saturated heterocycles. The third kappa shape index (κ3) is 3.28. The van der Waals surface area contributed by atoms with Gasteiger partial charge in [-0.25, -0.2) is 0 Å². The Labute approximate surface area is 115 Å². The lowest BCUT2D eigenvalue weighted by molar-refractivity contribution is 0.0854. The molecule has 2 aliphatic rings.